The lowest BCUT2D eigenvalue weighted by molar-refractivity contribution is -0.144. The molecule has 0 saturated heterocycles. The second-order valence-electron chi connectivity index (χ2n) is 6.54. The summed E-state index contributed by atoms with van der Waals surface area (Å²) in [5, 5.41) is 11.8. The molecule has 0 radical (unpaired) electrons. The topological polar surface area (TPSA) is 104 Å². The summed E-state index contributed by atoms with van der Waals surface area (Å²) in [6, 6.07) is 6.40. The highest BCUT2D eigenvalue weighted by atomic mass is 32.2. The predicted molar refractivity (Wildman–Crippen MR) is 92.2 cm³/mol. The SMILES string of the molecule is CN(C)S(=O)(=O)c1ccc(CNC(=O)C2CCC(C(=O)O)CC2)cc1. The van der Waals surface area contributed by atoms with Gasteiger partial charge in [-0.15, -0.1) is 0 Å². The van der Waals surface area contributed by atoms with E-state index in [2.05, 4.69) is 5.32 Å². The Kier molecular flexibility index (Phi) is 6.18. The Hall–Kier alpha value is -1.93. The molecule has 1 amide bonds. The Bertz CT molecular complexity index is 720. The van der Waals surface area contributed by atoms with Crippen LogP contribution in [0.15, 0.2) is 29.2 Å². The van der Waals surface area contributed by atoms with Crippen LogP contribution in [0.5, 0.6) is 0 Å². The molecule has 8 heteroatoms. The van der Waals surface area contributed by atoms with E-state index < -0.39 is 16.0 Å². The molecule has 1 aliphatic rings. The number of carbonyl (C=O) groups excluding carboxylic acids is 1. The molecule has 1 aromatic carbocycles. The first-order valence-corrected chi connectivity index (χ1v) is 9.68. The van der Waals surface area contributed by atoms with Crippen molar-refractivity contribution in [2.24, 2.45) is 11.8 Å². The smallest absolute Gasteiger partial charge is 0.306 e. The summed E-state index contributed by atoms with van der Waals surface area (Å²) < 4.78 is 25.2. The molecule has 1 saturated carbocycles. The van der Waals surface area contributed by atoms with Crippen molar-refractivity contribution < 1.29 is 23.1 Å². The molecule has 1 aromatic rings. The number of carboxylic acid groups (broad SMARTS) is 1. The van der Waals surface area contributed by atoms with Gasteiger partial charge in [0.25, 0.3) is 0 Å². The molecule has 0 bridgehead atoms. The van der Waals surface area contributed by atoms with Crippen LogP contribution < -0.4 is 5.32 Å². The molecule has 1 fully saturated rings. The van der Waals surface area contributed by atoms with Gasteiger partial charge in [0.05, 0.1) is 10.8 Å². The maximum Gasteiger partial charge on any atom is 0.306 e. The van der Waals surface area contributed by atoms with E-state index in [1.165, 1.54) is 26.2 Å². The fraction of sp³-hybridized carbons (Fsp3) is 0.529. The van der Waals surface area contributed by atoms with E-state index in [0.717, 1.165) is 9.87 Å². The average Bonchev–Trinajstić information content (AvgIpc) is 2.60. The number of nitrogens with one attached hydrogen (secondary N) is 1. The van der Waals surface area contributed by atoms with E-state index in [1.54, 1.807) is 12.1 Å². The fourth-order valence-corrected chi connectivity index (χ4v) is 3.83. The minimum Gasteiger partial charge on any atom is -0.481 e. The number of amides is 1. The number of hydrogen-bond donors (Lipinski definition) is 2. The van der Waals surface area contributed by atoms with E-state index in [0.29, 0.717) is 32.2 Å². The Morgan fingerprint density at radius 3 is 2.08 bits per heavy atom. The number of carboxylic acids is 1. The molecule has 7 nitrogen and oxygen atoms in total. The average molecular weight is 368 g/mol. The lowest BCUT2D eigenvalue weighted by Gasteiger charge is -2.25. The third-order valence-electron chi connectivity index (χ3n) is 4.62. The predicted octanol–water partition coefficient (Wildman–Crippen LogP) is 1.44. The highest BCUT2D eigenvalue weighted by Crippen LogP contribution is 2.29. The second-order valence-corrected chi connectivity index (χ2v) is 8.69. The van der Waals surface area contributed by atoms with Crippen LogP contribution in [0.25, 0.3) is 0 Å². The van der Waals surface area contributed by atoms with Gasteiger partial charge in [-0.3, -0.25) is 9.59 Å². The zero-order valence-electron chi connectivity index (χ0n) is 14.4. The molecule has 0 atom stereocenters. The van der Waals surface area contributed by atoms with Crippen LogP contribution in [-0.2, 0) is 26.2 Å². The maximum absolute atomic E-state index is 12.2. The van der Waals surface area contributed by atoms with E-state index in [9.17, 15) is 18.0 Å². The van der Waals surface area contributed by atoms with Gasteiger partial charge in [-0.1, -0.05) is 12.1 Å². The third-order valence-corrected chi connectivity index (χ3v) is 6.45. The van der Waals surface area contributed by atoms with Crippen LogP contribution in [0.1, 0.15) is 31.2 Å². The van der Waals surface area contributed by atoms with Gasteiger partial charge in [-0.2, -0.15) is 0 Å². The van der Waals surface area contributed by atoms with Crippen LogP contribution in [0.4, 0.5) is 0 Å². The second kappa shape index (κ2) is 7.97. The highest BCUT2D eigenvalue weighted by molar-refractivity contribution is 7.89. The molecule has 0 aliphatic heterocycles. The van der Waals surface area contributed by atoms with Gasteiger partial charge in [0.2, 0.25) is 15.9 Å². The van der Waals surface area contributed by atoms with Crippen LogP contribution in [0.2, 0.25) is 0 Å². The number of sulfonamides is 1. The Balaban J connectivity index is 1.87. The van der Waals surface area contributed by atoms with Crippen molar-refractivity contribution >= 4 is 21.9 Å². The van der Waals surface area contributed by atoms with Gasteiger partial charge in [0.1, 0.15) is 0 Å². The molecule has 0 aromatic heterocycles. The first kappa shape index (κ1) is 19.4. The molecular weight excluding hydrogens is 344 g/mol. The molecule has 138 valence electrons. The van der Waals surface area contributed by atoms with E-state index in [-0.39, 0.29) is 22.6 Å². The van der Waals surface area contributed by atoms with Crippen molar-refractivity contribution in [1.82, 2.24) is 9.62 Å². The van der Waals surface area contributed by atoms with Crippen molar-refractivity contribution in [3.63, 3.8) is 0 Å². The maximum atomic E-state index is 12.2. The molecule has 1 aliphatic carbocycles. The highest BCUT2D eigenvalue weighted by Gasteiger charge is 2.29. The molecule has 0 heterocycles. The van der Waals surface area contributed by atoms with Gasteiger partial charge in [0.15, 0.2) is 0 Å². The molecular formula is C17H24N2O5S. The van der Waals surface area contributed by atoms with Crippen molar-refractivity contribution in [2.45, 2.75) is 37.1 Å². The molecule has 25 heavy (non-hydrogen) atoms. The Morgan fingerprint density at radius 2 is 1.60 bits per heavy atom. The number of benzene rings is 1. The summed E-state index contributed by atoms with van der Waals surface area (Å²) >= 11 is 0. The summed E-state index contributed by atoms with van der Waals surface area (Å²) in [4.78, 5) is 23.3. The Morgan fingerprint density at radius 1 is 1.08 bits per heavy atom. The molecule has 0 unspecified atom stereocenters. The zero-order chi connectivity index (χ0) is 18.6. The first-order chi connectivity index (χ1) is 11.7. The van der Waals surface area contributed by atoms with Gasteiger partial charge < -0.3 is 10.4 Å². The van der Waals surface area contributed by atoms with Crippen molar-refractivity contribution in [3.05, 3.63) is 29.8 Å². The lowest BCUT2D eigenvalue weighted by atomic mass is 9.81. The van der Waals surface area contributed by atoms with E-state index in [1.807, 2.05) is 0 Å². The number of hydrogen-bond acceptors (Lipinski definition) is 4. The van der Waals surface area contributed by atoms with Gasteiger partial charge in [-0.05, 0) is 43.4 Å². The monoisotopic (exact) mass is 368 g/mol. The molecule has 2 N–H and O–H groups in total. The van der Waals surface area contributed by atoms with Crippen molar-refractivity contribution in [3.8, 4) is 0 Å². The standard InChI is InChI=1S/C17H24N2O5S/c1-19(2)25(23,24)15-9-3-12(4-10-15)11-18-16(20)13-5-7-14(8-6-13)17(21)22/h3-4,9-10,13-14H,5-8,11H2,1-2H3,(H,18,20)(H,21,22). The van der Waals surface area contributed by atoms with Gasteiger partial charge >= 0.3 is 5.97 Å². The van der Waals surface area contributed by atoms with Crippen LogP contribution in [0, 0.1) is 11.8 Å². The summed E-state index contributed by atoms with van der Waals surface area (Å²) in [6.45, 7) is 0.319. The normalized spacial score (nSPS) is 21.1. The van der Waals surface area contributed by atoms with Crippen LogP contribution in [0.3, 0.4) is 0 Å². The lowest BCUT2D eigenvalue weighted by Crippen LogP contribution is -2.34. The van der Waals surface area contributed by atoms with E-state index >= 15 is 0 Å². The third kappa shape index (κ3) is 4.79. The summed E-state index contributed by atoms with van der Waals surface area (Å²) in [5.41, 5.74) is 0.810. The summed E-state index contributed by atoms with van der Waals surface area (Å²) in [6.07, 6.45) is 2.24. The van der Waals surface area contributed by atoms with Gasteiger partial charge in [0, 0.05) is 26.6 Å². The number of nitrogens with zero attached hydrogens (tertiary/aromatic N) is 1. The first-order valence-electron chi connectivity index (χ1n) is 8.24. The summed E-state index contributed by atoms with van der Waals surface area (Å²) in [7, 11) is -0.507. The van der Waals surface area contributed by atoms with E-state index in [4.69, 9.17) is 5.11 Å². The minimum absolute atomic E-state index is 0.0752. The molecule has 0 spiro atoms. The minimum atomic E-state index is -3.46. The Labute approximate surface area is 148 Å². The van der Waals surface area contributed by atoms with Crippen molar-refractivity contribution in [2.75, 3.05) is 14.1 Å². The quantitative estimate of drug-likeness (QED) is 0.791. The number of rotatable bonds is 6. The van der Waals surface area contributed by atoms with Crippen LogP contribution in [-0.4, -0.2) is 43.8 Å². The summed E-state index contributed by atoms with van der Waals surface area (Å²) in [5.74, 6) is -1.35. The fourth-order valence-electron chi connectivity index (χ4n) is 2.93. The van der Waals surface area contributed by atoms with Gasteiger partial charge in [-0.25, -0.2) is 12.7 Å². The largest absolute Gasteiger partial charge is 0.481 e. The van der Waals surface area contributed by atoms with Crippen LogP contribution >= 0.6 is 0 Å². The number of carbonyl (C=O) groups is 2. The zero-order valence-corrected chi connectivity index (χ0v) is 15.3. The van der Waals surface area contributed by atoms with Crippen molar-refractivity contribution in [1.29, 1.82) is 0 Å². The number of aliphatic carboxylic acids is 1. The molecule has 2 rings (SSSR count).